The zero-order chi connectivity index (χ0) is 15.7. The maximum atomic E-state index is 11.9. The number of aromatic amines is 1. The minimum absolute atomic E-state index is 0.0417. The zero-order valence-electron chi connectivity index (χ0n) is 11.7. The van der Waals surface area contributed by atoms with E-state index in [1.54, 1.807) is 0 Å². The molecule has 2 heterocycles. The zero-order valence-corrected chi connectivity index (χ0v) is 11.7. The van der Waals surface area contributed by atoms with E-state index >= 15 is 0 Å². The molecule has 0 saturated carbocycles. The second kappa shape index (κ2) is 5.40. The van der Waals surface area contributed by atoms with E-state index in [-0.39, 0.29) is 23.7 Å². The maximum absolute atomic E-state index is 11.9. The SMILES string of the molecule is COC(CNc1nc2c([nH]1)c(=O)n(C)c(=O)n2C)C(=O)O. The van der Waals surface area contributed by atoms with Crippen molar-refractivity contribution in [3.8, 4) is 0 Å². The Hall–Kier alpha value is -2.62. The Balaban J connectivity index is 2.38. The molecule has 0 aliphatic heterocycles. The molecular formula is C11H15N5O5. The van der Waals surface area contributed by atoms with Crippen molar-refractivity contribution >= 4 is 23.1 Å². The number of nitrogens with one attached hydrogen (secondary N) is 2. The van der Waals surface area contributed by atoms with Crippen LogP contribution in [-0.2, 0) is 23.6 Å². The lowest BCUT2D eigenvalue weighted by Crippen LogP contribution is -2.36. The number of carboxylic acids is 1. The van der Waals surface area contributed by atoms with E-state index < -0.39 is 23.3 Å². The molecule has 0 aromatic carbocycles. The first-order valence-electron chi connectivity index (χ1n) is 6.02. The molecule has 3 N–H and O–H groups in total. The third-order valence-corrected chi connectivity index (χ3v) is 3.11. The number of carbonyl (C=O) groups is 1. The number of fused-ring (bicyclic) bond motifs is 1. The number of anilines is 1. The van der Waals surface area contributed by atoms with Crippen LogP contribution in [-0.4, -0.2) is 49.9 Å². The van der Waals surface area contributed by atoms with E-state index in [2.05, 4.69) is 15.3 Å². The van der Waals surface area contributed by atoms with Gasteiger partial charge in [-0.25, -0.2) is 9.59 Å². The van der Waals surface area contributed by atoms with Gasteiger partial charge in [-0.1, -0.05) is 0 Å². The number of H-pyrrole nitrogens is 1. The molecule has 0 fully saturated rings. The van der Waals surface area contributed by atoms with E-state index in [0.717, 1.165) is 4.57 Å². The lowest BCUT2D eigenvalue weighted by atomic mass is 10.3. The number of methoxy groups -OCH3 is 1. The lowest BCUT2D eigenvalue weighted by molar-refractivity contribution is -0.147. The van der Waals surface area contributed by atoms with Gasteiger partial charge in [0.2, 0.25) is 5.95 Å². The fourth-order valence-electron chi connectivity index (χ4n) is 1.87. The van der Waals surface area contributed by atoms with Gasteiger partial charge in [0.05, 0.1) is 6.54 Å². The van der Waals surface area contributed by atoms with Crippen molar-refractivity contribution in [3.05, 3.63) is 20.8 Å². The van der Waals surface area contributed by atoms with Crippen LogP contribution >= 0.6 is 0 Å². The quantitative estimate of drug-likeness (QED) is 0.610. The molecular weight excluding hydrogens is 282 g/mol. The van der Waals surface area contributed by atoms with Gasteiger partial charge in [0, 0.05) is 21.2 Å². The predicted octanol–water partition coefficient (Wildman–Crippen LogP) is -1.53. The van der Waals surface area contributed by atoms with Crippen molar-refractivity contribution in [1.82, 2.24) is 19.1 Å². The van der Waals surface area contributed by atoms with E-state index in [1.807, 2.05) is 0 Å². The molecule has 0 aliphatic rings. The Morgan fingerprint density at radius 1 is 1.43 bits per heavy atom. The van der Waals surface area contributed by atoms with Crippen LogP contribution in [0.25, 0.3) is 11.2 Å². The van der Waals surface area contributed by atoms with Crippen molar-refractivity contribution in [1.29, 1.82) is 0 Å². The molecule has 2 aromatic heterocycles. The van der Waals surface area contributed by atoms with Crippen molar-refractivity contribution in [3.63, 3.8) is 0 Å². The van der Waals surface area contributed by atoms with Crippen molar-refractivity contribution in [2.45, 2.75) is 6.10 Å². The smallest absolute Gasteiger partial charge is 0.334 e. The van der Waals surface area contributed by atoms with Gasteiger partial charge in [0.1, 0.15) is 0 Å². The highest BCUT2D eigenvalue weighted by Crippen LogP contribution is 2.08. The number of ether oxygens (including phenoxy) is 1. The summed E-state index contributed by atoms with van der Waals surface area (Å²) in [5.74, 6) is -0.934. The molecule has 0 spiro atoms. The van der Waals surface area contributed by atoms with Crippen molar-refractivity contribution in [2.24, 2.45) is 14.1 Å². The van der Waals surface area contributed by atoms with Crippen LogP contribution in [0.3, 0.4) is 0 Å². The summed E-state index contributed by atoms with van der Waals surface area (Å²) in [4.78, 5) is 41.3. The number of aromatic nitrogens is 4. The number of rotatable bonds is 5. The number of aliphatic carboxylic acids is 1. The van der Waals surface area contributed by atoms with E-state index in [0.29, 0.717) is 0 Å². The average molecular weight is 297 g/mol. The van der Waals surface area contributed by atoms with Crippen LogP contribution in [0.2, 0.25) is 0 Å². The van der Waals surface area contributed by atoms with E-state index in [4.69, 9.17) is 9.84 Å². The van der Waals surface area contributed by atoms with Gasteiger partial charge in [-0.3, -0.25) is 13.9 Å². The predicted molar refractivity (Wildman–Crippen MR) is 73.5 cm³/mol. The number of aryl methyl sites for hydroxylation is 1. The monoisotopic (exact) mass is 297 g/mol. The topological polar surface area (TPSA) is 131 Å². The number of nitrogens with zero attached hydrogens (tertiary/aromatic N) is 3. The summed E-state index contributed by atoms with van der Waals surface area (Å²) in [6, 6.07) is 0. The first-order chi connectivity index (χ1) is 9.86. The van der Waals surface area contributed by atoms with Crippen molar-refractivity contribution < 1.29 is 14.6 Å². The van der Waals surface area contributed by atoms with Gasteiger partial charge in [-0.2, -0.15) is 4.98 Å². The third kappa shape index (κ3) is 2.52. The molecule has 1 atom stereocenters. The molecule has 10 heteroatoms. The summed E-state index contributed by atoms with van der Waals surface area (Å²) in [5, 5.41) is 11.6. The highest BCUT2D eigenvalue weighted by atomic mass is 16.5. The van der Waals surface area contributed by atoms with Gasteiger partial charge < -0.3 is 20.1 Å². The summed E-state index contributed by atoms with van der Waals surface area (Å²) in [5.41, 5.74) is -0.651. The Bertz CT molecular complexity index is 802. The summed E-state index contributed by atoms with van der Waals surface area (Å²) in [6.45, 7) is -0.0417. The summed E-state index contributed by atoms with van der Waals surface area (Å²) in [6.07, 6.45) is -1.05. The lowest BCUT2D eigenvalue weighted by Gasteiger charge is -2.10. The normalized spacial score (nSPS) is 12.5. The highest BCUT2D eigenvalue weighted by Gasteiger charge is 2.18. The first kappa shape index (κ1) is 14.8. The van der Waals surface area contributed by atoms with Crippen LogP contribution in [0.5, 0.6) is 0 Å². The van der Waals surface area contributed by atoms with Crippen LogP contribution in [0.1, 0.15) is 0 Å². The summed E-state index contributed by atoms with van der Waals surface area (Å²) in [7, 11) is 4.13. The second-order valence-corrected chi connectivity index (χ2v) is 4.43. The second-order valence-electron chi connectivity index (χ2n) is 4.43. The molecule has 2 rings (SSSR count). The van der Waals surface area contributed by atoms with Crippen LogP contribution in [0, 0.1) is 0 Å². The largest absolute Gasteiger partial charge is 0.479 e. The van der Waals surface area contributed by atoms with Crippen molar-refractivity contribution in [2.75, 3.05) is 19.0 Å². The minimum Gasteiger partial charge on any atom is -0.479 e. The minimum atomic E-state index is -1.12. The third-order valence-electron chi connectivity index (χ3n) is 3.11. The molecule has 10 nitrogen and oxygen atoms in total. The van der Waals surface area contributed by atoms with Gasteiger partial charge >= 0.3 is 11.7 Å². The number of imidazole rings is 1. The molecule has 0 radical (unpaired) electrons. The van der Waals surface area contributed by atoms with E-state index in [1.165, 1.54) is 25.8 Å². The summed E-state index contributed by atoms with van der Waals surface area (Å²) < 4.78 is 6.95. The summed E-state index contributed by atoms with van der Waals surface area (Å²) >= 11 is 0. The number of carboxylic acid groups (broad SMARTS) is 1. The maximum Gasteiger partial charge on any atom is 0.334 e. The Labute approximate surface area is 118 Å². The van der Waals surface area contributed by atoms with Gasteiger partial charge in [-0.05, 0) is 0 Å². The molecule has 0 bridgehead atoms. The van der Waals surface area contributed by atoms with Gasteiger partial charge in [0.25, 0.3) is 5.56 Å². The first-order valence-corrected chi connectivity index (χ1v) is 6.02. The fraction of sp³-hybridized carbons (Fsp3) is 0.455. The average Bonchev–Trinajstić information content (AvgIpc) is 2.87. The Morgan fingerprint density at radius 2 is 2.10 bits per heavy atom. The number of hydrogen-bond acceptors (Lipinski definition) is 6. The van der Waals surface area contributed by atoms with Gasteiger partial charge in [0.15, 0.2) is 17.3 Å². The fourth-order valence-corrected chi connectivity index (χ4v) is 1.87. The van der Waals surface area contributed by atoms with Crippen LogP contribution in [0.15, 0.2) is 9.59 Å². The Kier molecular flexibility index (Phi) is 3.80. The molecule has 21 heavy (non-hydrogen) atoms. The number of hydrogen-bond donors (Lipinski definition) is 3. The van der Waals surface area contributed by atoms with Crippen LogP contribution in [0.4, 0.5) is 5.95 Å². The molecule has 2 aromatic rings. The molecule has 1 unspecified atom stereocenters. The van der Waals surface area contributed by atoms with Gasteiger partial charge in [-0.15, -0.1) is 0 Å². The Morgan fingerprint density at radius 3 is 2.67 bits per heavy atom. The molecule has 0 saturated heterocycles. The molecule has 114 valence electrons. The highest BCUT2D eigenvalue weighted by molar-refractivity contribution is 5.74. The van der Waals surface area contributed by atoms with E-state index in [9.17, 15) is 14.4 Å². The van der Waals surface area contributed by atoms with Crippen LogP contribution < -0.4 is 16.6 Å². The standard InChI is InChI=1S/C11H15N5O5/c1-15-7-6(8(17)16(2)11(15)20)13-10(14-7)12-4-5(21-3)9(18)19/h5H,4H2,1-3H3,(H,18,19)(H2,12,13,14). The molecule has 0 amide bonds. The molecule has 0 aliphatic carbocycles.